The van der Waals surface area contributed by atoms with Crippen molar-refractivity contribution in [2.45, 2.75) is 32.2 Å². The van der Waals surface area contributed by atoms with Crippen molar-refractivity contribution in [3.8, 4) is 5.75 Å². The van der Waals surface area contributed by atoms with Gasteiger partial charge in [-0.2, -0.15) is 0 Å². The van der Waals surface area contributed by atoms with Gasteiger partial charge in [-0.3, -0.25) is 4.90 Å². The largest absolute Gasteiger partial charge is 0.496 e. The Morgan fingerprint density at radius 1 is 1.35 bits per heavy atom. The monoisotopic (exact) mass is 340 g/mol. The first-order chi connectivity index (χ1) is 9.76. The molecule has 1 atom stereocenters. The fraction of sp³-hybridized carbons (Fsp3) is 0.625. The number of halogens is 1. The molecule has 112 valence electrons. The molecule has 1 heterocycles. The third-order valence-electron chi connectivity index (χ3n) is 3.98. The fourth-order valence-corrected chi connectivity index (χ4v) is 3.40. The number of benzene rings is 1. The molecule has 0 radical (unpaired) electrons. The predicted octanol–water partition coefficient (Wildman–Crippen LogP) is 3.59. The first-order valence-corrected chi connectivity index (χ1v) is 8.33. The van der Waals surface area contributed by atoms with Gasteiger partial charge in [-0.15, -0.1) is 0 Å². The summed E-state index contributed by atoms with van der Waals surface area (Å²) < 4.78 is 6.39. The lowest BCUT2D eigenvalue weighted by Crippen LogP contribution is -2.45. The second-order valence-corrected chi connectivity index (χ2v) is 6.19. The molecule has 2 rings (SSSR count). The molecule has 4 heteroatoms. The summed E-state index contributed by atoms with van der Waals surface area (Å²) in [5, 5.41) is 3.44. The second-order valence-electron chi connectivity index (χ2n) is 5.34. The van der Waals surface area contributed by atoms with Crippen LogP contribution in [0.5, 0.6) is 5.75 Å². The Morgan fingerprint density at radius 2 is 2.10 bits per heavy atom. The summed E-state index contributed by atoms with van der Waals surface area (Å²) in [4.78, 5) is 2.61. The topological polar surface area (TPSA) is 24.5 Å². The highest BCUT2D eigenvalue weighted by Crippen LogP contribution is 2.32. The fourth-order valence-electron chi connectivity index (χ4n) is 2.84. The number of hydrogen-bond donors (Lipinski definition) is 1. The van der Waals surface area contributed by atoms with Crippen LogP contribution in [0.1, 0.15) is 37.8 Å². The van der Waals surface area contributed by atoms with E-state index in [9.17, 15) is 0 Å². The van der Waals surface area contributed by atoms with E-state index in [0.717, 1.165) is 36.4 Å². The Kier molecular flexibility index (Phi) is 6.33. The number of piperazine rings is 1. The summed E-state index contributed by atoms with van der Waals surface area (Å²) in [6.07, 6.45) is 3.76. The predicted molar refractivity (Wildman–Crippen MR) is 87.4 cm³/mol. The van der Waals surface area contributed by atoms with E-state index in [1.807, 2.05) is 0 Å². The summed E-state index contributed by atoms with van der Waals surface area (Å²) in [5.41, 5.74) is 1.40. The van der Waals surface area contributed by atoms with Crippen molar-refractivity contribution in [3.63, 3.8) is 0 Å². The van der Waals surface area contributed by atoms with E-state index in [1.165, 1.54) is 24.8 Å². The molecule has 1 fully saturated rings. The highest BCUT2D eigenvalue weighted by Gasteiger charge is 2.22. The maximum atomic E-state index is 5.34. The molecule has 1 aliphatic rings. The zero-order valence-electron chi connectivity index (χ0n) is 12.5. The van der Waals surface area contributed by atoms with E-state index < -0.39 is 0 Å². The number of ether oxygens (including phenoxy) is 1. The number of rotatable bonds is 6. The average Bonchev–Trinajstić information content (AvgIpc) is 2.49. The SMILES string of the molecule is CCCC[C@H](c1ccc(OC)c(Br)c1)N1CCNCC1. The van der Waals surface area contributed by atoms with Crippen molar-refractivity contribution in [2.24, 2.45) is 0 Å². The minimum Gasteiger partial charge on any atom is -0.496 e. The summed E-state index contributed by atoms with van der Waals surface area (Å²) in [7, 11) is 1.71. The van der Waals surface area contributed by atoms with Crippen molar-refractivity contribution in [1.82, 2.24) is 10.2 Å². The lowest BCUT2D eigenvalue weighted by Gasteiger charge is -2.35. The van der Waals surface area contributed by atoms with Gasteiger partial charge >= 0.3 is 0 Å². The Morgan fingerprint density at radius 3 is 2.70 bits per heavy atom. The normalized spacial score (nSPS) is 17.9. The third-order valence-corrected chi connectivity index (χ3v) is 4.60. The van der Waals surface area contributed by atoms with Crippen LogP contribution in [0.15, 0.2) is 22.7 Å². The molecule has 3 nitrogen and oxygen atoms in total. The molecule has 0 spiro atoms. The van der Waals surface area contributed by atoms with Crippen LogP contribution >= 0.6 is 15.9 Å². The van der Waals surface area contributed by atoms with Crippen LogP contribution in [0.4, 0.5) is 0 Å². The lowest BCUT2D eigenvalue weighted by atomic mass is 9.98. The van der Waals surface area contributed by atoms with Crippen molar-refractivity contribution < 1.29 is 4.74 Å². The lowest BCUT2D eigenvalue weighted by molar-refractivity contribution is 0.163. The second kappa shape index (κ2) is 8.01. The highest BCUT2D eigenvalue weighted by molar-refractivity contribution is 9.10. The number of methoxy groups -OCH3 is 1. The molecular weight excluding hydrogens is 316 g/mol. The van der Waals surface area contributed by atoms with E-state index in [4.69, 9.17) is 4.74 Å². The Hall–Kier alpha value is -0.580. The van der Waals surface area contributed by atoms with Crippen molar-refractivity contribution in [2.75, 3.05) is 33.3 Å². The summed E-state index contributed by atoms with van der Waals surface area (Å²) >= 11 is 3.61. The van der Waals surface area contributed by atoms with Crippen molar-refractivity contribution >= 4 is 15.9 Å². The number of nitrogens with one attached hydrogen (secondary N) is 1. The van der Waals surface area contributed by atoms with Gasteiger partial charge in [-0.25, -0.2) is 0 Å². The first-order valence-electron chi connectivity index (χ1n) is 7.54. The number of unbranched alkanes of at least 4 members (excludes halogenated alkanes) is 1. The van der Waals surface area contributed by atoms with Crippen LogP contribution in [-0.4, -0.2) is 38.2 Å². The Bertz CT molecular complexity index is 419. The quantitative estimate of drug-likeness (QED) is 0.856. The molecule has 1 saturated heterocycles. The van der Waals surface area contributed by atoms with Crippen molar-refractivity contribution in [1.29, 1.82) is 0 Å². The molecule has 1 aromatic carbocycles. The van der Waals surface area contributed by atoms with Crippen molar-refractivity contribution in [3.05, 3.63) is 28.2 Å². The molecule has 1 aromatic rings. The van der Waals surface area contributed by atoms with E-state index in [1.54, 1.807) is 7.11 Å². The minimum atomic E-state index is 0.527. The molecule has 0 unspecified atom stereocenters. The maximum absolute atomic E-state index is 5.34. The van der Waals surface area contributed by atoms with Gasteiger partial charge in [0.05, 0.1) is 11.6 Å². The standard InChI is InChI=1S/C16H25BrN2O/c1-3-4-5-15(19-10-8-18-9-11-19)13-6-7-16(20-2)14(17)12-13/h6-7,12,15,18H,3-5,8-11H2,1-2H3/t15-/m1/s1. The van der Waals surface area contributed by atoms with E-state index in [0.29, 0.717) is 6.04 Å². The molecule has 0 aliphatic carbocycles. The Balaban J connectivity index is 2.18. The third kappa shape index (κ3) is 3.96. The van der Waals surface area contributed by atoms with Gasteiger partial charge in [0.25, 0.3) is 0 Å². The van der Waals surface area contributed by atoms with Crippen LogP contribution in [-0.2, 0) is 0 Å². The smallest absolute Gasteiger partial charge is 0.133 e. The van der Waals surface area contributed by atoms with Gasteiger partial charge in [-0.05, 0) is 40.0 Å². The summed E-state index contributed by atoms with van der Waals surface area (Å²) in [6.45, 7) is 6.73. The highest BCUT2D eigenvalue weighted by atomic mass is 79.9. The molecule has 1 aliphatic heterocycles. The van der Waals surface area contributed by atoms with Gasteiger partial charge in [-0.1, -0.05) is 25.8 Å². The minimum absolute atomic E-state index is 0.527. The van der Waals surface area contributed by atoms with Crippen LogP contribution in [0, 0.1) is 0 Å². The molecule has 0 amide bonds. The number of hydrogen-bond acceptors (Lipinski definition) is 3. The van der Waals surface area contributed by atoms with Crippen LogP contribution in [0.25, 0.3) is 0 Å². The molecule has 0 saturated carbocycles. The van der Waals surface area contributed by atoms with E-state index >= 15 is 0 Å². The zero-order chi connectivity index (χ0) is 14.4. The van der Waals surface area contributed by atoms with Gasteiger partial charge in [0.2, 0.25) is 0 Å². The average molecular weight is 341 g/mol. The van der Waals surface area contributed by atoms with Gasteiger partial charge < -0.3 is 10.1 Å². The molecule has 0 bridgehead atoms. The molecule has 0 aromatic heterocycles. The zero-order valence-corrected chi connectivity index (χ0v) is 14.1. The maximum Gasteiger partial charge on any atom is 0.133 e. The van der Waals surface area contributed by atoms with Gasteiger partial charge in [0.1, 0.15) is 5.75 Å². The van der Waals surface area contributed by atoms with Gasteiger partial charge in [0, 0.05) is 32.2 Å². The van der Waals surface area contributed by atoms with E-state index in [2.05, 4.69) is 51.3 Å². The first kappa shape index (κ1) is 15.8. The molecule has 20 heavy (non-hydrogen) atoms. The van der Waals surface area contributed by atoms with Crippen LogP contribution < -0.4 is 10.1 Å². The summed E-state index contributed by atoms with van der Waals surface area (Å²) in [5.74, 6) is 0.906. The van der Waals surface area contributed by atoms with Crippen LogP contribution in [0.3, 0.4) is 0 Å². The number of nitrogens with zero attached hydrogens (tertiary/aromatic N) is 1. The Labute approximate surface area is 130 Å². The van der Waals surface area contributed by atoms with Gasteiger partial charge in [0.15, 0.2) is 0 Å². The van der Waals surface area contributed by atoms with E-state index in [-0.39, 0.29) is 0 Å². The molecular formula is C16H25BrN2O. The van der Waals surface area contributed by atoms with Crippen LogP contribution in [0.2, 0.25) is 0 Å². The summed E-state index contributed by atoms with van der Waals surface area (Å²) in [6, 6.07) is 7.03. The molecule has 1 N–H and O–H groups in total.